The average Bonchev–Trinajstić information content (AvgIpc) is 2.03. The van der Waals surface area contributed by atoms with Crippen LogP contribution in [-0.2, 0) is 14.3 Å². The van der Waals surface area contributed by atoms with Crippen LogP contribution in [-0.4, -0.2) is 59.3 Å². The molecule has 5 nitrogen and oxygen atoms in total. The first-order chi connectivity index (χ1) is 6.47. The standard InChI is InChI=1S/C9H15NO4.Na/c1-4-14-8(11)5-6(2)10-7(3)9(12)13;/h5,7,10H,4H2,1-3H3,(H,12,13);. The van der Waals surface area contributed by atoms with E-state index in [9.17, 15) is 9.59 Å². The molecule has 1 unspecified atom stereocenters. The number of hydrogen-bond acceptors (Lipinski definition) is 4. The summed E-state index contributed by atoms with van der Waals surface area (Å²) in [4.78, 5) is 21.4. The van der Waals surface area contributed by atoms with Gasteiger partial charge in [-0.3, -0.25) is 4.79 Å². The maximum Gasteiger partial charge on any atom is 0.332 e. The van der Waals surface area contributed by atoms with E-state index in [4.69, 9.17) is 5.11 Å². The van der Waals surface area contributed by atoms with Gasteiger partial charge in [0.05, 0.1) is 6.61 Å². The van der Waals surface area contributed by atoms with Crippen molar-refractivity contribution >= 4 is 41.5 Å². The molecule has 0 rings (SSSR count). The Morgan fingerprint density at radius 3 is 2.47 bits per heavy atom. The van der Waals surface area contributed by atoms with Gasteiger partial charge >= 0.3 is 11.9 Å². The fourth-order valence-corrected chi connectivity index (χ4v) is 0.806. The van der Waals surface area contributed by atoms with Crippen molar-refractivity contribution in [1.29, 1.82) is 0 Å². The van der Waals surface area contributed by atoms with Crippen molar-refractivity contribution in [2.24, 2.45) is 0 Å². The summed E-state index contributed by atoms with van der Waals surface area (Å²) in [6, 6.07) is -0.722. The molecule has 0 fully saturated rings. The molecule has 0 amide bonds. The molecule has 0 bridgehead atoms. The second-order valence-electron chi connectivity index (χ2n) is 2.78. The summed E-state index contributed by atoms with van der Waals surface area (Å²) in [5.74, 6) is -1.45. The molecule has 0 spiro atoms. The van der Waals surface area contributed by atoms with Gasteiger partial charge in [0.25, 0.3) is 0 Å². The first-order valence-corrected chi connectivity index (χ1v) is 4.31. The molecule has 1 radical (unpaired) electrons. The average molecular weight is 224 g/mol. The van der Waals surface area contributed by atoms with E-state index >= 15 is 0 Å². The summed E-state index contributed by atoms with van der Waals surface area (Å²) in [5.41, 5.74) is 0.471. The van der Waals surface area contributed by atoms with Crippen LogP contribution in [0.5, 0.6) is 0 Å². The molecule has 15 heavy (non-hydrogen) atoms. The fraction of sp³-hybridized carbons (Fsp3) is 0.556. The number of carbonyl (C=O) groups excluding carboxylic acids is 1. The zero-order valence-corrected chi connectivity index (χ0v) is 11.5. The molecular formula is C9H15NNaO4. The van der Waals surface area contributed by atoms with E-state index in [1.807, 2.05) is 0 Å². The maximum atomic E-state index is 10.9. The van der Waals surface area contributed by atoms with Gasteiger partial charge < -0.3 is 15.2 Å². The van der Waals surface area contributed by atoms with E-state index in [2.05, 4.69) is 10.1 Å². The largest absolute Gasteiger partial charge is 0.480 e. The summed E-state index contributed by atoms with van der Waals surface area (Å²) < 4.78 is 4.65. The molecular weight excluding hydrogens is 209 g/mol. The van der Waals surface area contributed by atoms with E-state index in [0.717, 1.165) is 0 Å². The van der Waals surface area contributed by atoms with E-state index in [1.165, 1.54) is 13.0 Å². The molecule has 0 aromatic carbocycles. The molecule has 81 valence electrons. The third-order valence-electron chi connectivity index (χ3n) is 1.44. The normalized spacial score (nSPS) is 12.3. The van der Waals surface area contributed by atoms with Gasteiger partial charge in [-0.1, -0.05) is 0 Å². The van der Waals surface area contributed by atoms with Crippen LogP contribution in [0.1, 0.15) is 20.8 Å². The van der Waals surface area contributed by atoms with E-state index < -0.39 is 18.0 Å². The number of hydrogen-bond donors (Lipinski definition) is 2. The molecule has 0 aromatic heterocycles. The summed E-state index contributed by atoms with van der Waals surface area (Å²) in [6.07, 6.45) is 1.23. The van der Waals surface area contributed by atoms with Crippen molar-refractivity contribution in [2.45, 2.75) is 26.8 Å². The summed E-state index contributed by atoms with van der Waals surface area (Å²) in [7, 11) is 0. The number of carboxylic acid groups (broad SMARTS) is 1. The van der Waals surface area contributed by atoms with Gasteiger partial charge in [-0.15, -0.1) is 0 Å². The molecule has 2 N–H and O–H groups in total. The van der Waals surface area contributed by atoms with Crippen LogP contribution in [0.3, 0.4) is 0 Å². The number of aliphatic carboxylic acids is 1. The molecule has 0 aliphatic heterocycles. The Morgan fingerprint density at radius 2 is 2.07 bits per heavy atom. The Balaban J connectivity index is 0. The first-order valence-electron chi connectivity index (χ1n) is 4.31. The molecule has 0 aromatic rings. The number of carbonyl (C=O) groups is 2. The first kappa shape index (κ1) is 16.9. The number of esters is 1. The van der Waals surface area contributed by atoms with E-state index in [-0.39, 0.29) is 29.6 Å². The number of nitrogens with one attached hydrogen (secondary N) is 1. The zero-order valence-electron chi connectivity index (χ0n) is 9.53. The zero-order chi connectivity index (χ0) is 11.1. The van der Waals surface area contributed by atoms with Gasteiger partial charge in [0.1, 0.15) is 6.04 Å². The predicted molar refractivity (Wildman–Crippen MR) is 56.4 cm³/mol. The third-order valence-corrected chi connectivity index (χ3v) is 1.44. The van der Waals surface area contributed by atoms with Gasteiger partial charge in [-0.2, -0.15) is 0 Å². The Hall–Kier alpha value is -0.520. The maximum absolute atomic E-state index is 10.9. The van der Waals surface area contributed by atoms with Crippen LogP contribution in [0.4, 0.5) is 0 Å². The van der Waals surface area contributed by atoms with Crippen LogP contribution in [0.25, 0.3) is 0 Å². The molecule has 0 aliphatic carbocycles. The van der Waals surface area contributed by atoms with Crippen molar-refractivity contribution in [1.82, 2.24) is 5.32 Å². The van der Waals surface area contributed by atoms with E-state index in [1.54, 1.807) is 13.8 Å². The predicted octanol–water partition coefficient (Wildman–Crippen LogP) is 0.135. The van der Waals surface area contributed by atoms with Gasteiger partial charge in [0, 0.05) is 41.3 Å². The molecule has 0 saturated carbocycles. The minimum absolute atomic E-state index is 0. The van der Waals surface area contributed by atoms with E-state index in [0.29, 0.717) is 12.3 Å². The summed E-state index contributed by atoms with van der Waals surface area (Å²) >= 11 is 0. The van der Waals surface area contributed by atoms with Gasteiger partial charge in [0.2, 0.25) is 0 Å². The van der Waals surface area contributed by atoms with Crippen LogP contribution < -0.4 is 5.32 Å². The topological polar surface area (TPSA) is 75.6 Å². The van der Waals surface area contributed by atoms with Crippen molar-refractivity contribution < 1.29 is 19.4 Å². The van der Waals surface area contributed by atoms with Gasteiger partial charge in [-0.05, 0) is 20.8 Å². The molecule has 0 heterocycles. The molecule has 6 heteroatoms. The van der Waals surface area contributed by atoms with Gasteiger partial charge in [-0.25, -0.2) is 4.79 Å². The van der Waals surface area contributed by atoms with Crippen LogP contribution >= 0.6 is 0 Å². The van der Waals surface area contributed by atoms with Crippen LogP contribution in [0.15, 0.2) is 11.8 Å². The molecule has 1 atom stereocenters. The quantitative estimate of drug-likeness (QED) is 0.394. The number of allylic oxidation sites excluding steroid dienone is 1. The van der Waals surface area contributed by atoms with Gasteiger partial charge in [0.15, 0.2) is 0 Å². The number of rotatable bonds is 5. The molecule has 0 saturated heterocycles. The second-order valence-corrected chi connectivity index (χ2v) is 2.78. The fourth-order valence-electron chi connectivity index (χ4n) is 0.806. The third kappa shape index (κ3) is 8.47. The molecule has 0 aliphatic rings. The van der Waals surface area contributed by atoms with Crippen LogP contribution in [0.2, 0.25) is 0 Å². The van der Waals surface area contributed by atoms with Crippen molar-refractivity contribution in [3.8, 4) is 0 Å². The SMILES string of the molecule is CCOC(=O)C=C(C)NC(C)C(=O)O.[Na]. The number of ether oxygens (including phenoxy) is 1. The number of carboxylic acids is 1. The Morgan fingerprint density at radius 1 is 1.53 bits per heavy atom. The smallest absolute Gasteiger partial charge is 0.332 e. The summed E-state index contributed by atoms with van der Waals surface area (Å²) in [6.45, 7) is 5.10. The minimum atomic E-state index is -0.971. The Labute approximate surface area is 111 Å². The van der Waals surface area contributed by atoms with Crippen molar-refractivity contribution in [3.63, 3.8) is 0 Å². The van der Waals surface area contributed by atoms with Crippen molar-refractivity contribution in [2.75, 3.05) is 6.61 Å². The Bertz CT molecular complexity index is 252. The van der Waals surface area contributed by atoms with Crippen molar-refractivity contribution in [3.05, 3.63) is 11.8 Å². The Kier molecular flexibility index (Phi) is 9.87. The second kappa shape index (κ2) is 8.76. The monoisotopic (exact) mass is 224 g/mol. The minimum Gasteiger partial charge on any atom is -0.480 e. The summed E-state index contributed by atoms with van der Waals surface area (Å²) in [5, 5.41) is 11.2. The van der Waals surface area contributed by atoms with Crippen LogP contribution in [0, 0.1) is 0 Å².